The first-order chi connectivity index (χ1) is 7.74. The Hall–Kier alpha value is -0.370. The van der Waals surface area contributed by atoms with Gasteiger partial charge in [-0.05, 0) is 22.0 Å². The van der Waals surface area contributed by atoms with Crippen LogP contribution in [0.15, 0.2) is 14.6 Å². The lowest BCUT2D eigenvalue weighted by Crippen LogP contribution is -2.21. The van der Waals surface area contributed by atoms with E-state index in [4.69, 9.17) is 0 Å². The number of fused-ring (bicyclic) bond motifs is 1. The van der Waals surface area contributed by atoms with Crippen molar-refractivity contribution in [1.82, 2.24) is 15.3 Å². The normalized spacial score (nSPS) is 20.7. The summed E-state index contributed by atoms with van der Waals surface area (Å²) in [4.78, 5) is 19.2. The fraction of sp³-hybridized carbons (Fsp3) is 0.333. The highest BCUT2D eigenvalue weighted by Gasteiger charge is 2.20. The van der Waals surface area contributed by atoms with Gasteiger partial charge in [-0.1, -0.05) is 0 Å². The standard InChI is InChI=1S/C9H8BrN3OS2/c10-6-1-4-7(16-6)9(14)13-8(12-4)5-2-15-3-11-5/h1,5,11H,2-3H2,(H,12,13,14)/t5-/m0/s1. The van der Waals surface area contributed by atoms with Crippen LogP contribution in [0.25, 0.3) is 10.2 Å². The maximum Gasteiger partial charge on any atom is 0.268 e. The highest BCUT2D eigenvalue weighted by molar-refractivity contribution is 9.11. The molecule has 4 nitrogen and oxygen atoms in total. The molecule has 0 radical (unpaired) electrons. The summed E-state index contributed by atoms with van der Waals surface area (Å²) < 4.78 is 1.62. The Morgan fingerprint density at radius 2 is 2.44 bits per heavy atom. The van der Waals surface area contributed by atoms with E-state index in [0.717, 1.165) is 26.8 Å². The minimum Gasteiger partial charge on any atom is -0.308 e. The number of halogens is 1. The summed E-state index contributed by atoms with van der Waals surface area (Å²) in [6, 6.07) is 2.06. The molecular formula is C9H8BrN3OS2. The summed E-state index contributed by atoms with van der Waals surface area (Å²) >= 11 is 6.60. The van der Waals surface area contributed by atoms with Gasteiger partial charge in [0.05, 0.1) is 15.3 Å². The second-order valence-electron chi connectivity index (χ2n) is 3.49. The number of H-pyrrole nitrogens is 1. The van der Waals surface area contributed by atoms with Gasteiger partial charge in [0.15, 0.2) is 0 Å². The van der Waals surface area contributed by atoms with Crippen molar-refractivity contribution in [3.05, 3.63) is 26.0 Å². The van der Waals surface area contributed by atoms with Crippen LogP contribution in [0, 0.1) is 0 Å². The molecule has 0 unspecified atom stereocenters. The first-order valence-corrected chi connectivity index (χ1v) is 7.51. The van der Waals surface area contributed by atoms with E-state index in [1.807, 2.05) is 17.8 Å². The topological polar surface area (TPSA) is 57.8 Å². The zero-order chi connectivity index (χ0) is 11.1. The number of thiophene rings is 1. The van der Waals surface area contributed by atoms with Crippen LogP contribution in [0.3, 0.4) is 0 Å². The number of thioether (sulfide) groups is 1. The Balaban J connectivity index is 2.16. The van der Waals surface area contributed by atoms with Crippen LogP contribution in [0.5, 0.6) is 0 Å². The zero-order valence-electron chi connectivity index (χ0n) is 8.12. The van der Waals surface area contributed by atoms with Crippen molar-refractivity contribution in [2.24, 2.45) is 0 Å². The molecule has 2 N–H and O–H groups in total. The summed E-state index contributed by atoms with van der Waals surface area (Å²) in [5, 5.41) is 3.29. The van der Waals surface area contributed by atoms with Gasteiger partial charge in [-0.25, -0.2) is 4.98 Å². The number of aromatic amines is 1. The number of rotatable bonds is 1. The summed E-state index contributed by atoms with van der Waals surface area (Å²) in [6.07, 6.45) is 0. The number of hydrogen-bond donors (Lipinski definition) is 2. The van der Waals surface area contributed by atoms with Gasteiger partial charge in [0.1, 0.15) is 10.5 Å². The molecule has 16 heavy (non-hydrogen) atoms. The minimum atomic E-state index is -0.0469. The molecule has 3 heterocycles. The predicted molar refractivity (Wildman–Crippen MR) is 71.1 cm³/mol. The van der Waals surface area contributed by atoms with Crippen LogP contribution >= 0.6 is 39.0 Å². The number of nitrogens with zero attached hydrogens (tertiary/aromatic N) is 1. The molecule has 0 spiro atoms. The van der Waals surface area contributed by atoms with E-state index >= 15 is 0 Å². The first-order valence-electron chi connectivity index (χ1n) is 4.74. The molecule has 84 valence electrons. The molecule has 1 saturated heterocycles. The van der Waals surface area contributed by atoms with Crippen LogP contribution in [-0.4, -0.2) is 21.6 Å². The van der Waals surface area contributed by atoms with Gasteiger partial charge in [-0.15, -0.1) is 23.1 Å². The van der Waals surface area contributed by atoms with Crippen LogP contribution in [-0.2, 0) is 0 Å². The fourth-order valence-corrected chi connectivity index (χ4v) is 4.03. The van der Waals surface area contributed by atoms with E-state index in [0.29, 0.717) is 4.70 Å². The third kappa shape index (κ3) is 1.81. The Kier molecular flexibility index (Phi) is 2.78. The highest BCUT2D eigenvalue weighted by Crippen LogP contribution is 2.27. The van der Waals surface area contributed by atoms with Crippen molar-refractivity contribution in [3.8, 4) is 0 Å². The van der Waals surface area contributed by atoms with Gasteiger partial charge in [-0.3, -0.25) is 10.1 Å². The quantitative estimate of drug-likeness (QED) is 0.845. The van der Waals surface area contributed by atoms with E-state index in [-0.39, 0.29) is 11.6 Å². The molecule has 0 bridgehead atoms. The molecule has 1 aliphatic heterocycles. The maximum atomic E-state index is 11.8. The lowest BCUT2D eigenvalue weighted by Gasteiger charge is -2.07. The van der Waals surface area contributed by atoms with Crippen molar-refractivity contribution >= 4 is 49.2 Å². The second kappa shape index (κ2) is 4.14. The lowest BCUT2D eigenvalue weighted by molar-refractivity contribution is 0.633. The third-order valence-corrected chi connectivity index (χ3v) is 4.98. The highest BCUT2D eigenvalue weighted by atomic mass is 79.9. The Morgan fingerprint density at radius 3 is 3.19 bits per heavy atom. The van der Waals surface area contributed by atoms with E-state index < -0.39 is 0 Å². The van der Waals surface area contributed by atoms with Crippen LogP contribution in [0.1, 0.15) is 11.9 Å². The van der Waals surface area contributed by atoms with Gasteiger partial charge < -0.3 is 4.98 Å². The molecule has 2 aromatic rings. The molecule has 2 aromatic heterocycles. The summed E-state index contributed by atoms with van der Waals surface area (Å²) in [5.74, 6) is 2.62. The van der Waals surface area contributed by atoms with Crippen molar-refractivity contribution in [3.63, 3.8) is 0 Å². The van der Waals surface area contributed by atoms with E-state index in [9.17, 15) is 4.79 Å². The van der Waals surface area contributed by atoms with Gasteiger partial charge >= 0.3 is 0 Å². The van der Waals surface area contributed by atoms with Crippen molar-refractivity contribution in [2.75, 3.05) is 11.6 Å². The molecular weight excluding hydrogens is 310 g/mol. The molecule has 3 rings (SSSR count). The predicted octanol–water partition coefficient (Wildman–Crippen LogP) is 2.08. The number of nitrogens with one attached hydrogen (secondary N) is 2. The van der Waals surface area contributed by atoms with Gasteiger partial charge in [0, 0.05) is 11.6 Å². The van der Waals surface area contributed by atoms with Crippen molar-refractivity contribution in [1.29, 1.82) is 0 Å². The van der Waals surface area contributed by atoms with Crippen molar-refractivity contribution < 1.29 is 0 Å². The summed E-state index contributed by atoms with van der Waals surface area (Å²) in [5.41, 5.74) is 0.726. The number of hydrogen-bond acceptors (Lipinski definition) is 5. The third-order valence-electron chi connectivity index (χ3n) is 2.42. The molecule has 0 aromatic carbocycles. The van der Waals surface area contributed by atoms with Gasteiger partial charge in [0.2, 0.25) is 0 Å². The smallest absolute Gasteiger partial charge is 0.268 e. The molecule has 7 heteroatoms. The molecule has 1 fully saturated rings. The summed E-state index contributed by atoms with van der Waals surface area (Å²) in [7, 11) is 0. The minimum absolute atomic E-state index is 0.0469. The lowest BCUT2D eigenvalue weighted by atomic mass is 10.3. The zero-order valence-corrected chi connectivity index (χ0v) is 11.3. The van der Waals surface area contributed by atoms with Crippen LogP contribution in [0.2, 0.25) is 0 Å². The fourth-order valence-electron chi connectivity index (χ4n) is 1.66. The Bertz CT molecular complexity index is 588. The average molecular weight is 318 g/mol. The van der Waals surface area contributed by atoms with E-state index in [1.165, 1.54) is 11.3 Å². The molecule has 0 aliphatic carbocycles. The average Bonchev–Trinajstić information content (AvgIpc) is 2.84. The van der Waals surface area contributed by atoms with Gasteiger partial charge in [-0.2, -0.15) is 0 Å². The summed E-state index contributed by atoms with van der Waals surface area (Å²) in [6.45, 7) is 0. The van der Waals surface area contributed by atoms with Gasteiger partial charge in [0.25, 0.3) is 5.56 Å². The van der Waals surface area contributed by atoms with Crippen LogP contribution < -0.4 is 10.9 Å². The SMILES string of the molecule is O=c1[nH]c([C@@H]2CSCN2)nc2cc(Br)sc12. The Labute approximate surface area is 108 Å². The second-order valence-corrected chi connectivity index (χ2v) is 6.95. The van der Waals surface area contributed by atoms with Crippen LogP contribution in [0.4, 0.5) is 0 Å². The van der Waals surface area contributed by atoms with Crippen molar-refractivity contribution in [2.45, 2.75) is 6.04 Å². The monoisotopic (exact) mass is 317 g/mol. The maximum absolute atomic E-state index is 11.8. The first kappa shape index (κ1) is 10.8. The van der Waals surface area contributed by atoms with E-state index in [2.05, 4.69) is 31.2 Å². The molecule has 0 saturated carbocycles. The molecule has 0 amide bonds. The Morgan fingerprint density at radius 1 is 1.56 bits per heavy atom. The molecule has 1 aliphatic rings. The number of aromatic nitrogens is 2. The largest absolute Gasteiger partial charge is 0.308 e. The van der Waals surface area contributed by atoms with E-state index in [1.54, 1.807) is 0 Å². The molecule has 1 atom stereocenters.